The van der Waals surface area contributed by atoms with Gasteiger partial charge in [-0.1, -0.05) is 6.92 Å². The van der Waals surface area contributed by atoms with Crippen LogP contribution in [0, 0.1) is 5.41 Å². The van der Waals surface area contributed by atoms with Crippen LogP contribution in [-0.2, 0) is 14.8 Å². The fourth-order valence-electron chi connectivity index (χ4n) is 2.65. The standard InChI is InChI=1S/C12H24N2O3S/c1-12(5-2-6-13-9-12)10-14-18(15,16)11-3-7-17-8-4-11/h11,13-14H,2-10H2,1H3. The number of nitrogens with one attached hydrogen (secondary N) is 2. The highest BCUT2D eigenvalue weighted by molar-refractivity contribution is 7.90. The third kappa shape index (κ3) is 3.66. The molecule has 2 saturated heterocycles. The Balaban J connectivity index is 1.87. The second-order valence-electron chi connectivity index (χ2n) is 5.77. The Morgan fingerprint density at radius 3 is 2.72 bits per heavy atom. The minimum absolute atomic E-state index is 0.0521. The van der Waals surface area contributed by atoms with E-state index in [1.807, 2.05) is 0 Å². The molecule has 0 spiro atoms. The van der Waals surface area contributed by atoms with Gasteiger partial charge >= 0.3 is 0 Å². The highest BCUT2D eigenvalue weighted by Gasteiger charge is 2.32. The third-order valence-corrected chi connectivity index (χ3v) is 5.89. The molecule has 6 heteroatoms. The summed E-state index contributed by atoms with van der Waals surface area (Å²) in [7, 11) is -3.18. The maximum absolute atomic E-state index is 12.2. The summed E-state index contributed by atoms with van der Waals surface area (Å²) in [6, 6.07) is 0. The normalized spacial score (nSPS) is 31.4. The zero-order valence-electron chi connectivity index (χ0n) is 11.1. The van der Waals surface area contributed by atoms with Crippen LogP contribution in [0.5, 0.6) is 0 Å². The summed E-state index contributed by atoms with van der Waals surface area (Å²) in [5.74, 6) is 0. The molecule has 0 amide bonds. The number of rotatable bonds is 4. The molecule has 0 aliphatic carbocycles. The van der Waals surface area contributed by atoms with E-state index in [0.717, 1.165) is 25.9 Å². The zero-order valence-corrected chi connectivity index (χ0v) is 11.9. The monoisotopic (exact) mass is 276 g/mol. The van der Waals surface area contributed by atoms with Gasteiger partial charge in [0.2, 0.25) is 10.0 Å². The molecule has 0 radical (unpaired) electrons. The van der Waals surface area contributed by atoms with Crippen LogP contribution in [0.15, 0.2) is 0 Å². The maximum Gasteiger partial charge on any atom is 0.214 e. The van der Waals surface area contributed by atoms with E-state index in [0.29, 0.717) is 32.6 Å². The van der Waals surface area contributed by atoms with Crippen LogP contribution in [0.25, 0.3) is 0 Å². The molecular weight excluding hydrogens is 252 g/mol. The minimum atomic E-state index is -3.18. The predicted octanol–water partition coefficient (Wildman–Crippen LogP) is 0.475. The molecule has 0 aromatic carbocycles. The van der Waals surface area contributed by atoms with Crippen molar-refractivity contribution in [3.8, 4) is 0 Å². The first kappa shape index (κ1) is 14.2. The molecule has 106 valence electrons. The van der Waals surface area contributed by atoms with Gasteiger partial charge < -0.3 is 10.1 Å². The lowest BCUT2D eigenvalue weighted by molar-refractivity contribution is 0.0980. The first-order valence-electron chi connectivity index (χ1n) is 6.79. The van der Waals surface area contributed by atoms with Gasteiger partial charge in [0.25, 0.3) is 0 Å². The van der Waals surface area contributed by atoms with Crippen LogP contribution in [0.3, 0.4) is 0 Å². The topological polar surface area (TPSA) is 67.4 Å². The Labute approximate surface area is 110 Å². The molecule has 0 aromatic rings. The van der Waals surface area contributed by atoms with Crippen molar-refractivity contribution >= 4 is 10.0 Å². The first-order valence-corrected chi connectivity index (χ1v) is 8.33. The number of piperidine rings is 1. The van der Waals surface area contributed by atoms with Crippen LogP contribution < -0.4 is 10.0 Å². The quantitative estimate of drug-likeness (QED) is 0.783. The van der Waals surface area contributed by atoms with E-state index in [4.69, 9.17) is 4.74 Å². The summed E-state index contributed by atoms with van der Waals surface area (Å²) in [6.45, 7) is 5.74. The zero-order chi connectivity index (χ0) is 13.1. The maximum atomic E-state index is 12.2. The number of hydrogen-bond donors (Lipinski definition) is 2. The summed E-state index contributed by atoms with van der Waals surface area (Å²) < 4.78 is 32.4. The van der Waals surface area contributed by atoms with Crippen molar-refractivity contribution in [2.45, 2.75) is 37.9 Å². The second-order valence-corrected chi connectivity index (χ2v) is 7.81. The van der Waals surface area contributed by atoms with E-state index in [1.165, 1.54) is 0 Å². The molecule has 18 heavy (non-hydrogen) atoms. The molecular formula is C12H24N2O3S. The smallest absolute Gasteiger partial charge is 0.214 e. The van der Waals surface area contributed by atoms with Crippen LogP contribution in [0.2, 0.25) is 0 Å². The fourth-order valence-corrected chi connectivity index (χ4v) is 4.25. The summed E-state index contributed by atoms with van der Waals surface area (Å²) in [6.07, 6.45) is 3.43. The van der Waals surface area contributed by atoms with Gasteiger partial charge in [-0.05, 0) is 37.6 Å². The average molecular weight is 276 g/mol. The van der Waals surface area contributed by atoms with Crippen LogP contribution in [0.1, 0.15) is 32.6 Å². The lowest BCUT2D eigenvalue weighted by atomic mass is 9.83. The van der Waals surface area contributed by atoms with E-state index in [-0.39, 0.29) is 10.7 Å². The molecule has 0 saturated carbocycles. The lowest BCUT2D eigenvalue weighted by Gasteiger charge is -2.35. The van der Waals surface area contributed by atoms with E-state index in [9.17, 15) is 8.42 Å². The van der Waals surface area contributed by atoms with Gasteiger partial charge in [0.05, 0.1) is 5.25 Å². The van der Waals surface area contributed by atoms with Gasteiger partial charge in [0.15, 0.2) is 0 Å². The largest absolute Gasteiger partial charge is 0.381 e. The van der Waals surface area contributed by atoms with E-state index < -0.39 is 10.0 Å². The summed E-state index contributed by atoms with van der Waals surface area (Å²) >= 11 is 0. The van der Waals surface area contributed by atoms with Gasteiger partial charge in [0.1, 0.15) is 0 Å². The molecule has 2 fully saturated rings. The van der Waals surface area contributed by atoms with E-state index in [1.54, 1.807) is 0 Å². The predicted molar refractivity (Wildman–Crippen MR) is 71.0 cm³/mol. The third-order valence-electron chi connectivity index (χ3n) is 3.99. The van der Waals surface area contributed by atoms with Gasteiger partial charge in [-0.25, -0.2) is 13.1 Å². The number of ether oxygens (including phenoxy) is 1. The average Bonchev–Trinajstić information content (AvgIpc) is 2.39. The Kier molecular flexibility index (Phi) is 4.64. The van der Waals surface area contributed by atoms with Crippen molar-refractivity contribution in [1.29, 1.82) is 0 Å². The molecule has 2 rings (SSSR count). The highest BCUT2D eigenvalue weighted by atomic mass is 32.2. The molecule has 1 unspecified atom stereocenters. The SMILES string of the molecule is CC1(CNS(=O)(=O)C2CCOCC2)CCCNC1. The molecule has 2 aliphatic heterocycles. The van der Waals surface area contributed by atoms with Gasteiger partial charge in [-0.15, -0.1) is 0 Å². The Bertz CT molecular complexity index is 358. The van der Waals surface area contributed by atoms with Crippen molar-refractivity contribution in [1.82, 2.24) is 10.0 Å². The van der Waals surface area contributed by atoms with Crippen LogP contribution in [-0.4, -0.2) is 46.5 Å². The van der Waals surface area contributed by atoms with Gasteiger partial charge in [0, 0.05) is 26.3 Å². The Hall–Kier alpha value is -0.170. The molecule has 1 atom stereocenters. The number of sulfonamides is 1. The molecule has 2 heterocycles. The van der Waals surface area contributed by atoms with Gasteiger partial charge in [-0.3, -0.25) is 0 Å². The molecule has 0 aromatic heterocycles. The summed E-state index contributed by atoms with van der Waals surface area (Å²) in [5.41, 5.74) is 0.0521. The first-order chi connectivity index (χ1) is 8.52. The second kappa shape index (κ2) is 5.86. The highest BCUT2D eigenvalue weighted by Crippen LogP contribution is 2.25. The van der Waals surface area contributed by atoms with Crippen molar-refractivity contribution in [3.05, 3.63) is 0 Å². The van der Waals surface area contributed by atoms with Crippen LogP contribution in [0.4, 0.5) is 0 Å². The molecule has 2 N–H and O–H groups in total. The minimum Gasteiger partial charge on any atom is -0.381 e. The van der Waals surface area contributed by atoms with Crippen molar-refractivity contribution < 1.29 is 13.2 Å². The van der Waals surface area contributed by atoms with Gasteiger partial charge in [-0.2, -0.15) is 0 Å². The van der Waals surface area contributed by atoms with Crippen LogP contribution >= 0.6 is 0 Å². The Morgan fingerprint density at radius 2 is 2.11 bits per heavy atom. The summed E-state index contributed by atoms with van der Waals surface area (Å²) in [4.78, 5) is 0. The lowest BCUT2D eigenvalue weighted by Crippen LogP contribution is -2.48. The summed E-state index contributed by atoms with van der Waals surface area (Å²) in [5, 5.41) is 3.06. The van der Waals surface area contributed by atoms with E-state index in [2.05, 4.69) is 17.0 Å². The molecule has 5 nitrogen and oxygen atoms in total. The van der Waals surface area contributed by atoms with E-state index >= 15 is 0 Å². The Morgan fingerprint density at radius 1 is 1.39 bits per heavy atom. The number of hydrogen-bond acceptors (Lipinski definition) is 4. The molecule has 0 bridgehead atoms. The molecule has 2 aliphatic rings. The van der Waals surface area contributed by atoms with Crippen molar-refractivity contribution in [2.75, 3.05) is 32.8 Å². The fraction of sp³-hybridized carbons (Fsp3) is 1.00. The van der Waals surface area contributed by atoms with Crippen molar-refractivity contribution in [3.63, 3.8) is 0 Å². The van der Waals surface area contributed by atoms with Crippen molar-refractivity contribution in [2.24, 2.45) is 5.41 Å².